The highest BCUT2D eigenvalue weighted by Crippen LogP contribution is 2.30. The standard InChI is InChI=1S/C10H12N2O2/c11-9-2-1-7(13)4-8(9)6-3-10(14)12-5-6/h1-2,4,6,13H,3,5,11H2,(H,12,14). The lowest BCUT2D eigenvalue weighted by Gasteiger charge is -2.10. The molecule has 1 aliphatic heterocycles. The second-order valence-corrected chi connectivity index (χ2v) is 3.52. The van der Waals surface area contributed by atoms with Gasteiger partial charge in [-0.15, -0.1) is 0 Å². The van der Waals surface area contributed by atoms with Gasteiger partial charge in [-0.25, -0.2) is 0 Å². The molecule has 1 aromatic rings. The van der Waals surface area contributed by atoms with Crippen molar-refractivity contribution in [2.24, 2.45) is 0 Å². The van der Waals surface area contributed by atoms with Gasteiger partial charge in [0.15, 0.2) is 0 Å². The first-order valence-corrected chi connectivity index (χ1v) is 4.52. The molecule has 0 aliphatic carbocycles. The molecular formula is C10H12N2O2. The molecule has 0 bridgehead atoms. The van der Waals surface area contributed by atoms with Crippen LogP contribution in [0.1, 0.15) is 17.9 Å². The molecule has 4 nitrogen and oxygen atoms in total. The first-order chi connectivity index (χ1) is 6.66. The summed E-state index contributed by atoms with van der Waals surface area (Å²) in [4.78, 5) is 11.0. The largest absolute Gasteiger partial charge is 0.508 e. The Morgan fingerprint density at radius 1 is 1.50 bits per heavy atom. The van der Waals surface area contributed by atoms with Crippen LogP contribution < -0.4 is 11.1 Å². The number of carbonyl (C=O) groups excluding carboxylic acids is 1. The average molecular weight is 192 g/mol. The van der Waals surface area contributed by atoms with E-state index in [2.05, 4.69) is 5.32 Å². The number of carbonyl (C=O) groups is 1. The van der Waals surface area contributed by atoms with Crippen molar-refractivity contribution in [1.29, 1.82) is 0 Å². The molecular weight excluding hydrogens is 180 g/mol. The van der Waals surface area contributed by atoms with Gasteiger partial charge in [0.05, 0.1) is 0 Å². The first-order valence-electron chi connectivity index (χ1n) is 4.52. The van der Waals surface area contributed by atoms with Crippen LogP contribution in [0.25, 0.3) is 0 Å². The van der Waals surface area contributed by atoms with Crippen molar-refractivity contribution in [3.05, 3.63) is 23.8 Å². The lowest BCUT2D eigenvalue weighted by atomic mass is 9.96. The molecule has 1 aliphatic rings. The molecule has 2 rings (SSSR count). The van der Waals surface area contributed by atoms with Crippen molar-refractivity contribution in [3.63, 3.8) is 0 Å². The number of nitrogens with one attached hydrogen (secondary N) is 1. The summed E-state index contributed by atoms with van der Waals surface area (Å²) < 4.78 is 0. The second kappa shape index (κ2) is 3.21. The highest BCUT2D eigenvalue weighted by Gasteiger charge is 2.24. The average Bonchev–Trinajstić information content (AvgIpc) is 2.56. The molecule has 1 saturated heterocycles. The third kappa shape index (κ3) is 1.51. The lowest BCUT2D eigenvalue weighted by Crippen LogP contribution is -2.13. The van der Waals surface area contributed by atoms with Crippen molar-refractivity contribution in [3.8, 4) is 5.75 Å². The van der Waals surface area contributed by atoms with Crippen molar-refractivity contribution in [2.75, 3.05) is 12.3 Å². The number of anilines is 1. The van der Waals surface area contributed by atoms with E-state index in [4.69, 9.17) is 5.73 Å². The number of nitrogen functional groups attached to an aromatic ring is 1. The van der Waals surface area contributed by atoms with Crippen molar-refractivity contribution >= 4 is 11.6 Å². The summed E-state index contributed by atoms with van der Waals surface area (Å²) in [5.74, 6) is 0.320. The summed E-state index contributed by atoms with van der Waals surface area (Å²) in [7, 11) is 0. The van der Waals surface area contributed by atoms with E-state index < -0.39 is 0 Å². The molecule has 1 aromatic carbocycles. The highest BCUT2D eigenvalue weighted by atomic mass is 16.3. The number of aromatic hydroxyl groups is 1. The lowest BCUT2D eigenvalue weighted by molar-refractivity contribution is -0.119. The molecule has 0 saturated carbocycles. The summed E-state index contributed by atoms with van der Waals surface area (Å²) in [6.45, 7) is 0.604. The Balaban J connectivity index is 2.31. The fourth-order valence-corrected chi connectivity index (χ4v) is 1.74. The summed E-state index contributed by atoms with van der Waals surface area (Å²) in [5, 5.41) is 12.0. The number of phenolic OH excluding ortho intramolecular Hbond substituents is 1. The van der Waals surface area contributed by atoms with Gasteiger partial charge in [-0.2, -0.15) is 0 Å². The van der Waals surface area contributed by atoms with Crippen LogP contribution in [0.3, 0.4) is 0 Å². The summed E-state index contributed by atoms with van der Waals surface area (Å²) in [6.07, 6.45) is 0.452. The zero-order valence-electron chi connectivity index (χ0n) is 7.66. The molecule has 4 N–H and O–H groups in total. The van der Waals surface area contributed by atoms with E-state index in [0.29, 0.717) is 18.7 Å². The smallest absolute Gasteiger partial charge is 0.220 e. The van der Waals surface area contributed by atoms with Crippen LogP contribution >= 0.6 is 0 Å². The zero-order chi connectivity index (χ0) is 10.1. The number of amides is 1. The van der Waals surface area contributed by atoms with Gasteiger partial charge < -0.3 is 16.2 Å². The van der Waals surface area contributed by atoms with Gasteiger partial charge in [-0.1, -0.05) is 0 Å². The van der Waals surface area contributed by atoms with Gasteiger partial charge in [-0.05, 0) is 23.8 Å². The number of hydrogen-bond acceptors (Lipinski definition) is 3. The van der Waals surface area contributed by atoms with Crippen molar-refractivity contribution < 1.29 is 9.90 Å². The van der Waals surface area contributed by atoms with E-state index in [0.717, 1.165) is 5.56 Å². The van der Waals surface area contributed by atoms with Crippen LogP contribution in [0.4, 0.5) is 5.69 Å². The first kappa shape index (κ1) is 8.87. The molecule has 14 heavy (non-hydrogen) atoms. The van der Waals surface area contributed by atoms with Crippen LogP contribution in [0, 0.1) is 0 Å². The van der Waals surface area contributed by atoms with Gasteiger partial charge in [-0.3, -0.25) is 4.79 Å². The van der Waals surface area contributed by atoms with Gasteiger partial charge in [0.2, 0.25) is 5.91 Å². The Labute approximate surface area is 81.7 Å². The van der Waals surface area contributed by atoms with Crippen LogP contribution in [0.15, 0.2) is 18.2 Å². The Morgan fingerprint density at radius 3 is 2.93 bits per heavy atom. The third-order valence-electron chi connectivity index (χ3n) is 2.49. The van der Waals surface area contributed by atoms with E-state index in [1.54, 1.807) is 18.2 Å². The molecule has 0 spiro atoms. The fourth-order valence-electron chi connectivity index (χ4n) is 1.74. The minimum Gasteiger partial charge on any atom is -0.508 e. The molecule has 1 unspecified atom stereocenters. The molecule has 1 heterocycles. The fraction of sp³-hybridized carbons (Fsp3) is 0.300. The predicted molar refractivity (Wildman–Crippen MR) is 52.9 cm³/mol. The molecule has 4 heteroatoms. The van der Waals surface area contributed by atoms with Crippen LogP contribution in [-0.4, -0.2) is 17.6 Å². The highest BCUT2D eigenvalue weighted by molar-refractivity contribution is 5.80. The van der Waals surface area contributed by atoms with E-state index in [1.807, 2.05) is 0 Å². The van der Waals surface area contributed by atoms with Crippen molar-refractivity contribution in [2.45, 2.75) is 12.3 Å². The maximum Gasteiger partial charge on any atom is 0.220 e. The maximum absolute atomic E-state index is 11.0. The Kier molecular flexibility index (Phi) is 2.04. The Morgan fingerprint density at radius 2 is 2.29 bits per heavy atom. The van der Waals surface area contributed by atoms with E-state index >= 15 is 0 Å². The SMILES string of the molecule is Nc1ccc(O)cc1C1CNC(=O)C1. The van der Waals surface area contributed by atoms with Gasteiger partial charge in [0.25, 0.3) is 0 Å². The second-order valence-electron chi connectivity index (χ2n) is 3.52. The number of hydrogen-bond donors (Lipinski definition) is 3. The predicted octanol–water partition coefficient (Wildman–Crippen LogP) is 0.578. The minimum atomic E-state index is 0.0396. The molecule has 74 valence electrons. The van der Waals surface area contributed by atoms with Crippen molar-refractivity contribution in [1.82, 2.24) is 5.32 Å². The van der Waals surface area contributed by atoms with E-state index in [1.165, 1.54) is 0 Å². The molecule has 1 amide bonds. The summed E-state index contributed by atoms with van der Waals surface area (Å²) in [6, 6.07) is 4.83. The summed E-state index contributed by atoms with van der Waals surface area (Å²) >= 11 is 0. The molecule has 1 atom stereocenters. The Bertz CT molecular complexity index is 376. The third-order valence-corrected chi connectivity index (χ3v) is 2.49. The van der Waals surface area contributed by atoms with Gasteiger partial charge >= 0.3 is 0 Å². The number of rotatable bonds is 1. The van der Waals surface area contributed by atoms with Crippen LogP contribution in [-0.2, 0) is 4.79 Å². The number of phenols is 1. The normalized spacial score (nSPS) is 20.9. The monoisotopic (exact) mass is 192 g/mol. The quantitative estimate of drug-likeness (QED) is 0.450. The van der Waals surface area contributed by atoms with E-state index in [-0.39, 0.29) is 17.6 Å². The topological polar surface area (TPSA) is 75.3 Å². The van der Waals surface area contributed by atoms with Gasteiger partial charge in [0.1, 0.15) is 5.75 Å². The number of nitrogens with two attached hydrogens (primary N) is 1. The zero-order valence-corrected chi connectivity index (χ0v) is 7.66. The van der Waals surface area contributed by atoms with Gasteiger partial charge in [0, 0.05) is 24.6 Å². The van der Waals surface area contributed by atoms with E-state index in [9.17, 15) is 9.90 Å². The molecule has 1 fully saturated rings. The van der Waals surface area contributed by atoms with Crippen LogP contribution in [0.2, 0.25) is 0 Å². The minimum absolute atomic E-state index is 0.0396. The molecule has 0 aromatic heterocycles. The maximum atomic E-state index is 11.0. The number of benzene rings is 1. The molecule has 0 radical (unpaired) electrons. The summed E-state index contributed by atoms with van der Waals surface area (Å²) in [5.41, 5.74) is 7.24. The van der Waals surface area contributed by atoms with Crippen LogP contribution in [0.5, 0.6) is 5.75 Å². The Hall–Kier alpha value is -1.71.